The largest absolute Gasteiger partial charge is 0.467 e. The Morgan fingerprint density at radius 3 is 2.44 bits per heavy atom. The molecule has 1 aliphatic heterocycles. The molecule has 1 N–H and O–H groups in total. The molecule has 0 spiro atoms. The lowest BCUT2D eigenvalue weighted by Crippen LogP contribution is -2.38. The molecule has 0 radical (unpaired) electrons. The Bertz CT molecular complexity index is 413. The van der Waals surface area contributed by atoms with Crippen molar-refractivity contribution in [1.29, 1.82) is 0 Å². The molecule has 0 atom stereocenters. The zero-order chi connectivity index (χ0) is 13.2. The van der Waals surface area contributed by atoms with E-state index in [2.05, 4.69) is 15.0 Å². The fraction of sp³-hybridized carbons (Fsp3) is 0.727. The van der Waals surface area contributed by atoms with Crippen molar-refractivity contribution in [2.75, 3.05) is 38.3 Å². The minimum absolute atomic E-state index is 0.212. The molecule has 7 heteroatoms. The Hall–Kier alpha value is -1.47. The number of morpholine rings is 1. The van der Waals surface area contributed by atoms with E-state index in [4.69, 9.17) is 9.47 Å². The number of aliphatic hydroxyl groups is 1. The van der Waals surface area contributed by atoms with Gasteiger partial charge in [-0.2, -0.15) is 15.0 Å². The van der Waals surface area contributed by atoms with Crippen LogP contribution in [0.4, 0.5) is 5.95 Å². The second-order valence-electron chi connectivity index (χ2n) is 4.60. The second-order valence-corrected chi connectivity index (χ2v) is 4.60. The van der Waals surface area contributed by atoms with Crippen molar-refractivity contribution in [3.63, 3.8) is 0 Å². The number of methoxy groups -OCH3 is 1. The summed E-state index contributed by atoms with van der Waals surface area (Å²) in [6.45, 7) is 5.99. The van der Waals surface area contributed by atoms with Gasteiger partial charge >= 0.3 is 6.01 Å². The van der Waals surface area contributed by atoms with Crippen LogP contribution in [0.5, 0.6) is 6.01 Å². The average molecular weight is 254 g/mol. The van der Waals surface area contributed by atoms with Crippen LogP contribution in [0.1, 0.15) is 19.7 Å². The molecule has 1 aromatic rings. The Morgan fingerprint density at radius 1 is 1.22 bits per heavy atom. The molecule has 1 aliphatic rings. The van der Waals surface area contributed by atoms with Crippen molar-refractivity contribution in [3.05, 3.63) is 5.82 Å². The van der Waals surface area contributed by atoms with Gasteiger partial charge in [-0.25, -0.2) is 0 Å². The van der Waals surface area contributed by atoms with Crippen LogP contribution in [0.25, 0.3) is 0 Å². The van der Waals surface area contributed by atoms with Crippen LogP contribution in [0.15, 0.2) is 0 Å². The summed E-state index contributed by atoms with van der Waals surface area (Å²) in [7, 11) is 1.49. The molecule has 0 aromatic carbocycles. The molecule has 2 heterocycles. The average Bonchev–Trinajstić information content (AvgIpc) is 2.38. The monoisotopic (exact) mass is 254 g/mol. The zero-order valence-electron chi connectivity index (χ0n) is 10.9. The van der Waals surface area contributed by atoms with E-state index in [1.807, 2.05) is 4.90 Å². The van der Waals surface area contributed by atoms with Gasteiger partial charge in [0.05, 0.1) is 20.3 Å². The van der Waals surface area contributed by atoms with Crippen LogP contribution in [0, 0.1) is 0 Å². The van der Waals surface area contributed by atoms with Gasteiger partial charge in [0.1, 0.15) is 5.60 Å². The number of nitrogens with zero attached hydrogens (tertiary/aromatic N) is 4. The van der Waals surface area contributed by atoms with Crippen molar-refractivity contribution in [2.45, 2.75) is 19.4 Å². The van der Waals surface area contributed by atoms with Crippen LogP contribution in [0.3, 0.4) is 0 Å². The first-order chi connectivity index (χ1) is 8.50. The van der Waals surface area contributed by atoms with Crippen molar-refractivity contribution >= 4 is 5.95 Å². The summed E-state index contributed by atoms with van der Waals surface area (Å²) in [6.07, 6.45) is 0. The molecular formula is C11H18N4O3. The van der Waals surface area contributed by atoms with Crippen molar-refractivity contribution in [3.8, 4) is 6.01 Å². The van der Waals surface area contributed by atoms with E-state index in [-0.39, 0.29) is 6.01 Å². The smallest absolute Gasteiger partial charge is 0.321 e. The van der Waals surface area contributed by atoms with Crippen LogP contribution in [-0.2, 0) is 10.3 Å². The van der Waals surface area contributed by atoms with Crippen molar-refractivity contribution < 1.29 is 14.6 Å². The summed E-state index contributed by atoms with van der Waals surface area (Å²) in [5.74, 6) is 0.818. The quantitative estimate of drug-likeness (QED) is 0.809. The highest BCUT2D eigenvalue weighted by atomic mass is 16.5. The first kappa shape index (κ1) is 13.0. The molecule has 2 rings (SSSR count). The predicted molar refractivity (Wildman–Crippen MR) is 64.7 cm³/mol. The zero-order valence-corrected chi connectivity index (χ0v) is 10.9. The number of aromatic nitrogens is 3. The summed E-state index contributed by atoms with van der Waals surface area (Å²) >= 11 is 0. The molecule has 1 fully saturated rings. The van der Waals surface area contributed by atoms with Crippen LogP contribution in [0.2, 0.25) is 0 Å². The molecule has 1 aromatic heterocycles. The second kappa shape index (κ2) is 5.03. The molecule has 18 heavy (non-hydrogen) atoms. The summed E-state index contributed by atoms with van der Waals surface area (Å²) in [5, 5.41) is 9.98. The van der Waals surface area contributed by atoms with Crippen LogP contribution < -0.4 is 9.64 Å². The van der Waals surface area contributed by atoms with Gasteiger partial charge in [0.15, 0.2) is 5.82 Å². The lowest BCUT2D eigenvalue weighted by molar-refractivity contribution is 0.0674. The van der Waals surface area contributed by atoms with E-state index in [9.17, 15) is 5.11 Å². The SMILES string of the molecule is COc1nc(N2CCOCC2)nc(C(C)(C)O)n1. The molecule has 100 valence electrons. The standard InChI is InChI=1S/C11H18N4O3/c1-11(2,16)8-12-9(14-10(13-8)17-3)15-4-6-18-7-5-15/h16H,4-7H2,1-3H3. The molecule has 0 amide bonds. The topological polar surface area (TPSA) is 80.6 Å². The summed E-state index contributed by atoms with van der Waals surface area (Å²) in [5.41, 5.74) is -1.13. The minimum Gasteiger partial charge on any atom is -0.467 e. The summed E-state index contributed by atoms with van der Waals surface area (Å²) < 4.78 is 10.3. The van der Waals surface area contributed by atoms with Crippen LogP contribution >= 0.6 is 0 Å². The van der Waals surface area contributed by atoms with Gasteiger partial charge in [-0.3, -0.25) is 0 Å². The van der Waals surface area contributed by atoms with E-state index in [1.165, 1.54) is 7.11 Å². The highest BCUT2D eigenvalue weighted by Crippen LogP contribution is 2.20. The predicted octanol–water partition coefficient (Wildman–Crippen LogP) is -0.0558. The number of anilines is 1. The van der Waals surface area contributed by atoms with E-state index in [0.717, 1.165) is 13.1 Å². The number of rotatable bonds is 3. The Balaban J connectivity index is 2.34. The van der Waals surface area contributed by atoms with Gasteiger partial charge < -0.3 is 19.5 Å². The number of hydrogen-bond donors (Lipinski definition) is 1. The van der Waals surface area contributed by atoms with Gasteiger partial charge in [-0.1, -0.05) is 0 Å². The highest BCUT2D eigenvalue weighted by molar-refractivity contribution is 5.32. The minimum atomic E-state index is -1.13. The van der Waals surface area contributed by atoms with E-state index < -0.39 is 5.60 Å². The Morgan fingerprint density at radius 2 is 1.89 bits per heavy atom. The fourth-order valence-electron chi connectivity index (χ4n) is 1.62. The maximum absolute atomic E-state index is 9.98. The lowest BCUT2D eigenvalue weighted by atomic mass is 10.1. The molecule has 1 saturated heterocycles. The highest BCUT2D eigenvalue weighted by Gasteiger charge is 2.24. The van der Waals surface area contributed by atoms with E-state index >= 15 is 0 Å². The number of ether oxygens (including phenoxy) is 2. The summed E-state index contributed by atoms with van der Waals surface area (Å²) in [6, 6.07) is 0.212. The third-order valence-electron chi connectivity index (χ3n) is 2.63. The van der Waals surface area contributed by atoms with Crippen LogP contribution in [-0.4, -0.2) is 53.5 Å². The lowest BCUT2D eigenvalue weighted by Gasteiger charge is -2.27. The van der Waals surface area contributed by atoms with Crippen molar-refractivity contribution in [1.82, 2.24) is 15.0 Å². The molecule has 0 unspecified atom stereocenters. The Kier molecular flexibility index (Phi) is 3.63. The normalized spacial score (nSPS) is 16.8. The third-order valence-corrected chi connectivity index (χ3v) is 2.63. The Labute approximate surface area is 106 Å². The van der Waals surface area contributed by atoms with Crippen molar-refractivity contribution in [2.24, 2.45) is 0 Å². The molecule has 0 bridgehead atoms. The maximum atomic E-state index is 9.98. The summed E-state index contributed by atoms with van der Waals surface area (Å²) in [4.78, 5) is 14.6. The molecule has 0 aliphatic carbocycles. The molecule has 0 saturated carbocycles. The third kappa shape index (κ3) is 2.85. The molecular weight excluding hydrogens is 236 g/mol. The van der Waals surface area contributed by atoms with E-state index in [0.29, 0.717) is 25.0 Å². The fourth-order valence-corrected chi connectivity index (χ4v) is 1.62. The van der Waals surface area contributed by atoms with Gasteiger partial charge in [0, 0.05) is 13.1 Å². The first-order valence-corrected chi connectivity index (χ1v) is 5.86. The van der Waals surface area contributed by atoms with E-state index in [1.54, 1.807) is 13.8 Å². The van der Waals surface area contributed by atoms with Gasteiger partial charge in [0.25, 0.3) is 0 Å². The maximum Gasteiger partial charge on any atom is 0.321 e. The molecule has 7 nitrogen and oxygen atoms in total. The number of hydrogen-bond acceptors (Lipinski definition) is 7. The van der Waals surface area contributed by atoms with Gasteiger partial charge in [0.2, 0.25) is 5.95 Å². The van der Waals surface area contributed by atoms with Gasteiger partial charge in [-0.05, 0) is 13.8 Å². The van der Waals surface area contributed by atoms with Gasteiger partial charge in [-0.15, -0.1) is 0 Å². The first-order valence-electron chi connectivity index (χ1n) is 5.86.